The molecule has 1 aliphatic heterocycles. The van der Waals surface area contributed by atoms with Crippen molar-refractivity contribution in [2.75, 3.05) is 19.8 Å². The van der Waals surface area contributed by atoms with E-state index < -0.39 is 12.0 Å². The molecule has 1 rings (SSSR count). The minimum atomic E-state index is -1.03. The Labute approximate surface area is 101 Å². The summed E-state index contributed by atoms with van der Waals surface area (Å²) in [5.41, 5.74) is -0.0966. The molecular formula is C12H19NO4. The van der Waals surface area contributed by atoms with Gasteiger partial charge < -0.3 is 14.7 Å². The van der Waals surface area contributed by atoms with Gasteiger partial charge in [0.25, 0.3) is 0 Å². The summed E-state index contributed by atoms with van der Waals surface area (Å²) in [6.07, 6.45) is 3.23. The smallest absolute Gasteiger partial charge is 0.328 e. The number of amides is 1. The van der Waals surface area contributed by atoms with Gasteiger partial charge in [-0.1, -0.05) is 26.8 Å². The fourth-order valence-corrected chi connectivity index (χ4v) is 1.49. The highest BCUT2D eigenvalue weighted by Gasteiger charge is 2.31. The van der Waals surface area contributed by atoms with Crippen molar-refractivity contribution in [1.82, 2.24) is 4.90 Å². The third kappa shape index (κ3) is 4.19. The van der Waals surface area contributed by atoms with Gasteiger partial charge in [0.1, 0.15) is 0 Å². The summed E-state index contributed by atoms with van der Waals surface area (Å²) in [6.45, 7) is 6.70. The molecule has 5 heteroatoms. The summed E-state index contributed by atoms with van der Waals surface area (Å²) < 4.78 is 5.07. The minimum absolute atomic E-state index is 0.0600. The standard InChI is InChI=1S/C12H19NO4/c1-12(2,3)5-4-10(14)13-6-7-17-8-9(13)11(15)16/h4-5,9H,6-8H2,1-3H3,(H,15,16)/b5-4+. The largest absolute Gasteiger partial charge is 0.480 e. The van der Waals surface area contributed by atoms with Crippen LogP contribution in [0.15, 0.2) is 12.2 Å². The SMILES string of the molecule is CC(C)(C)/C=C/C(=O)N1CCOCC1C(=O)O. The molecule has 1 saturated heterocycles. The van der Waals surface area contributed by atoms with Crippen molar-refractivity contribution in [3.05, 3.63) is 12.2 Å². The molecule has 1 amide bonds. The molecule has 1 unspecified atom stereocenters. The third-order valence-electron chi connectivity index (χ3n) is 2.42. The molecule has 0 aromatic rings. The normalized spacial score (nSPS) is 21.8. The molecule has 1 atom stereocenters. The Morgan fingerprint density at radius 2 is 2.06 bits per heavy atom. The van der Waals surface area contributed by atoms with Crippen molar-refractivity contribution < 1.29 is 19.4 Å². The minimum Gasteiger partial charge on any atom is -0.480 e. The molecular weight excluding hydrogens is 222 g/mol. The summed E-state index contributed by atoms with van der Waals surface area (Å²) in [5.74, 6) is -1.29. The molecule has 1 fully saturated rings. The highest BCUT2D eigenvalue weighted by molar-refractivity contribution is 5.91. The van der Waals surface area contributed by atoms with Gasteiger partial charge >= 0.3 is 5.97 Å². The van der Waals surface area contributed by atoms with Gasteiger partial charge in [-0.2, -0.15) is 0 Å². The predicted octanol–water partition coefficient (Wildman–Crippen LogP) is 0.901. The number of ether oxygens (including phenoxy) is 1. The van der Waals surface area contributed by atoms with Crippen LogP contribution < -0.4 is 0 Å². The molecule has 1 N–H and O–H groups in total. The fraction of sp³-hybridized carbons (Fsp3) is 0.667. The fourth-order valence-electron chi connectivity index (χ4n) is 1.49. The molecule has 0 saturated carbocycles. The first-order valence-electron chi connectivity index (χ1n) is 5.61. The zero-order chi connectivity index (χ0) is 13.1. The van der Waals surface area contributed by atoms with E-state index in [-0.39, 0.29) is 17.9 Å². The monoisotopic (exact) mass is 241 g/mol. The molecule has 17 heavy (non-hydrogen) atoms. The Kier molecular flexibility index (Phi) is 4.28. The average Bonchev–Trinajstić information content (AvgIpc) is 2.25. The van der Waals surface area contributed by atoms with E-state index in [0.717, 1.165) is 0 Å². The van der Waals surface area contributed by atoms with E-state index in [1.165, 1.54) is 11.0 Å². The summed E-state index contributed by atoms with van der Waals surface area (Å²) >= 11 is 0. The first-order valence-corrected chi connectivity index (χ1v) is 5.61. The second kappa shape index (κ2) is 5.31. The van der Waals surface area contributed by atoms with Crippen LogP contribution in [-0.4, -0.2) is 47.7 Å². The lowest BCUT2D eigenvalue weighted by Crippen LogP contribution is -2.52. The number of carbonyl (C=O) groups excluding carboxylic acids is 1. The number of rotatable bonds is 2. The van der Waals surface area contributed by atoms with Gasteiger partial charge in [0, 0.05) is 6.54 Å². The zero-order valence-corrected chi connectivity index (χ0v) is 10.5. The molecule has 1 heterocycles. The number of carboxylic acid groups (broad SMARTS) is 1. The topological polar surface area (TPSA) is 66.8 Å². The van der Waals surface area contributed by atoms with Gasteiger partial charge in [-0.05, 0) is 11.5 Å². The van der Waals surface area contributed by atoms with E-state index in [4.69, 9.17) is 9.84 Å². The van der Waals surface area contributed by atoms with E-state index in [2.05, 4.69) is 0 Å². The van der Waals surface area contributed by atoms with Crippen LogP contribution in [0.1, 0.15) is 20.8 Å². The Morgan fingerprint density at radius 1 is 1.41 bits per heavy atom. The van der Waals surface area contributed by atoms with Crippen LogP contribution in [0.5, 0.6) is 0 Å². The maximum atomic E-state index is 11.9. The number of morpholine rings is 1. The average molecular weight is 241 g/mol. The van der Waals surface area contributed by atoms with Crippen molar-refractivity contribution in [3.8, 4) is 0 Å². The van der Waals surface area contributed by atoms with E-state index >= 15 is 0 Å². The van der Waals surface area contributed by atoms with Crippen molar-refractivity contribution in [2.24, 2.45) is 5.41 Å². The van der Waals surface area contributed by atoms with Crippen molar-refractivity contribution >= 4 is 11.9 Å². The maximum Gasteiger partial charge on any atom is 0.328 e. The van der Waals surface area contributed by atoms with Gasteiger partial charge in [0.05, 0.1) is 13.2 Å². The molecule has 0 aliphatic carbocycles. The lowest BCUT2D eigenvalue weighted by molar-refractivity contribution is -0.156. The van der Waals surface area contributed by atoms with Crippen molar-refractivity contribution in [2.45, 2.75) is 26.8 Å². The van der Waals surface area contributed by atoms with E-state index in [0.29, 0.717) is 13.2 Å². The van der Waals surface area contributed by atoms with E-state index in [1.54, 1.807) is 6.08 Å². The molecule has 0 spiro atoms. The van der Waals surface area contributed by atoms with Gasteiger partial charge in [0.2, 0.25) is 5.91 Å². The quantitative estimate of drug-likeness (QED) is 0.729. The maximum absolute atomic E-state index is 11.9. The van der Waals surface area contributed by atoms with Gasteiger partial charge in [-0.3, -0.25) is 4.79 Å². The molecule has 1 aliphatic rings. The number of carbonyl (C=O) groups is 2. The Bertz CT molecular complexity index is 330. The second-order valence-electron chi connectivity index (χ2n) is 5.16. The Morgan fingerprint density at radius 3 is 2.59 bits per heavy atom. The Balaban J connectivity index is 2.72. The first kappa shape index (κ1) is 13.7. The first-order chi connectivity index (χ1) is 7.81. The van der Waals surface area contributed by atoms with Gasteiger partial charge in [-0.25, -0.2) is 4.79 Å². The number of hydrogen-bond acceptors (Lipinski definition) is 3. The second-order valence-corrected chi connectivity index (χ2v) is 5.16. The molecule has 0 radical (unpaired) electrons. The van der Waals surface area contributed by atoms with Crippen LogP contribution in [0.3, 0.4) is 0 Å². The molecule has 0 aromatic heterocycles. The number of hydrogen-bond donors (Lipinski definition) is 1. The van der Waals surface area contributed by atoms with Crippen LogP contribution in [-0.2, 0) is 14.3 Å². The number of allylic oxidation sites excluding steroid dienone is 1. The van der Waals surface area contributed by atoms with E-state index in [1.807, 2.05) is 20.8 Å². The van der Waals surface area contributed by atoms with Crippen LogP contribution in [0.2, 0.25) is 0 Å². The third-order valence-corrected chi connectivity index (χ3v) is 2.42. The summed E-state index contributed by atoms with van der Waals surface area (Å²) in [4.78, 5) is 24.2. The van der Waals surface area contributed by atoms with Crippen LogP contribution in [0.25, 0.3) is 0 Å². The van der Waals surface area contributed by atoms with Crippen molar-refractivity contribution in [1.29, 1.82) is 0 Å². The highest BCUT2D eigenvalue weighted by atomic mass is 16.5. The molecule has 5 nitrogen and oxygen atoms in total. The number of aliphatic carboxylic acids is 1. The molecule has 96 valence electrons. The van der Waals surface area contributed by atoms with Crippen LogP contribution in [0, 0.1) is 5.41 Å². The number of nitrogens with zero attached hydrogens (tertiary/aromatic N) is 1. The summed E-state index contributed by atoms with van der Waals surface area (Å²) in [6, 6.07) is -0.874. The Hall–Kier alpha value is -1.36. The van der Waals surface area contributed by atoms with E-state index in [9.17, 15) is 9.59 Å². The summed E-state index contributed by atoms with van der Waals surface area (Å²) in [5, 5.41) is 8.99. The number of carboxylic acids is 1. The lowest BCUT2D eigenvalue weighted by atomic mass is 9.96. The summed E-state index contributed by atoms with van der Waals surface area (Å²) in [7, 11) is 0. The zero-order valence-electron chi connectivity index (χ0n) is 10.5. The highest BCUT2D eigenvalue weighted by Crippen LogP contribution is 2.15. The van der Waals surface area contributed by atoms with Crippen LogP contribution >= 0.6 is 0 Å². The van der Waals surface area contributed by atoms with Crippen molar-refractivity contribution in [3.63, 3.8) is 0 Å². The van der Waals surface area contributed by atoms with Gasteiger partial charge in [-0.15, -0.1) is 0 Å². The molecule has 0 aromatic carbocycles. The van der Waals surface area contributed by atoms with Gasteiger partial charge in [0.15, 0.2) is 6.04 Å². The lowest BCUT2D eigenvalue weighted by Gasteiger charge is -2.32. The molecule has 0 bridgehead atoms. The predicted molar refractivity (Wildman–Crippen MR) is 62.6 cm³/mol. The van der Waals surface area contributed by atoms with Crippen LogP contribution in [0.4, 0.5) is 0 Å².